The maximum absolute atomic E-state index is 13.6. The van der Waals surface area contributed by atoms with E-state index in [1.807, 2.05) is 0 Å². The average Bonchev–Trinajstić information content (AvgIpc) is 2.86. The molecule has 0 aliphatic carbocycles. The molecule has 0 amide bonds. The largest absolute Gasteiger partial charge is 0.494 e. The quantitative estimate of drug-likeness (QED) is 0.802. The first kappa shape index (κ1) is 12.5. The third-order valence-corrected chi connectivity index (χ3v) is 3.24. The molecule has 1 heterocycles. The second-order valence-corrected chi connectivity index (χ2v) is 4.23. The van der Waals surface area contributed by atoms with E-state index >= 15 is 0 Å². The maximum atomic E-state index is 13.6. The molecule has 0 spiro atoms. The van der Waals surface area contributed by atoms with Gasteiger partial charge in [0.1, 0.15) is 0 Å². The smallest absolute Gasteiger partial charge is 0.358 e. The van der Waals surface area contributed by atoms with Crippen molar-refractivity contribution in [2.24, 2.45) is 0 Å². The lowest BCUT2D eigenvalue weighted by atomic mass is 10.1. The number of halogens is 1. The fraction of sp³-hybridized carbons (Fsp3) is 0.167. The van der Waals surface area contributed by atoms with Gasteiger partial charge in [0, 0.05) is 0 Å². The van der Waals surface area contributed by atoms with E-state index in [2.05, 4.69) is 9.72 Å². The lowest BCUT2D eigenvalue weighted by Crippen LogP contribution is -2.03. The molecule has 0 atom stereocenters. The number of carbonyl (C=O) groups excluding carboxylic acids is 1. The van der Waals surface area contributed by atoms with Gasteiger partial charge in [-0.2, -0.15) is 0 Å². The van der Waals surface area contributed by atoms with Gasteiger partial charge in [0.2, 0.25) is 0 Å². The lowest BCUT2D eigenvalue weighted by molar-refractivity contribution is 0.0596. The van der Waals surface area contributed by atoms with Crippen molar-refractivity contribution in [3.05, 3.63) is 35.2 Å². The van der Waals surface area contributed by atoms with E-state index in [-0.39, 0.29) is 11.4 Å². The molecule has 0 radical (unpaired) electrons. The van der Waals surface area contributed by atoms with Crippen LogP contribution < -0.4 is 4.74 Å². The zero-order valence-corrected chi connectivity index (χ0v) is 10.6. The summed E-state index contributed by atoms with van der Waals surface area (Å²) in [6, 6.07) is 4.48. The Morgan fingerprint density at radius 3 is 2.78 bits per heavy atom. The molecule has 2 rings (SSSR count). The van der Waals surface area contributed by atoms with E-state index in [4.69, 9.17) is 4.74 Å². The second kappa shape index (κ2) is 5.14. The predicted molar refractivity (Wildman–Crippen MR) is 65.4 cm³/mol. The summed E-state index contributed by atoms with van der Waals surface area (Å²) in [6.45, 7) is 0. The third kappa shape index (κ3) is 2.19. The number of nitrogens with zero attached hydrogens (tertiary/aromatic N) is 1. The Kier molecular flexibility index (Phi) is 3.57. The van der Waals surface area contributed by atoms with Gasteiger partial charge < -0.3 is 9.47 Å². The van der Waals surface area contributed by atoms with E-state index in [0.717, 1.165) is 0 Å². The van der Waals surface area contributed by atoms with Gasteiger partial charge in [0.15, 0.2) is 17.3 Å². The van der Waals surface area contributed by atoms with Crippen LogP contribution in [-0.2, 0) is 4.74 Å². The highest BCUT2D eigenvalue weighted by molar-refractivity contribution is 7.13. The van der Waals surface area contributed by atoms with Crippen LogP contribution >= 0.6 is 11.3 Å². The molecule has 0 aliphatic rings. The first-order chi connectivity index (χ1) is 8.67. The van der Waals surface area contributed by atoms with Gasteiger partial charge in [-0.1, -0.05) is 0 Å². The van der Waals surface area contributed by atoms with Crippen LogP contribution in [0.1, 0.15) is 10.5 Å². The fourth-order valence-electron chi connectivity index (χ4n) is 1.50. The molecule has 0 saturated heterocycles. The molecule has 6 heteroatoms. The van der Waals surface area contributed by atoms with Crippen molar-refractivity contribution >= 4 is 17.3 Å². The summed E-state index contributed by atoms with van der Waals surface area (Å²) in [4.78, 5) is 16.0. The summed E-state index contributed by atoms with van der Waals surface area (Å²) in [5.41, 5.74) is 2.27. The number of aromatic nitrogens is 1. The number of rotatable bonds is 3. The van der Waals surface area contributed by atoms with Crippen LogP contribution in [0.5, 0.6) is 5.75 Å². The Hall–Kier alpha value is -1.95. The van der Waals surface area contributed by atoms with Gasteiger partial charge in [0.05, 0.1) is 24.6 Å². The van der Waals surface area contributed by atoms with Gasteiger partial charge in [-0.3, -0.25) is 0 Å². The van der Waals surface area contributed by atoms with Gasteiger partial charge >= 0.3 is 5.97 Å². The van der Waals surface area contributed by atoms with Crippen molar-refractivity contribution in [2.45, 2.75) is 0 Å². The monoisotopic (exact) mass is 267 g/mol. The number of hydrogen-bond acceptors (Lipinski definition) is 5. The molecular formula is C12H10FNO3S. The SMILES string of the molecule is COC(=O)c1ncsc1-c1ccc(OC)c(F)c1. The molecule has 18 heavy (non-hydrogen) atoms. The molecule has 4 nitrogen and oxygen atoms in total. The molecule has 1 aromatic heterocycles. The van der Waals surface area contributed by atoms with Crippen LogP contribution in [0.2, 0.25) is 0 Å². The molecule has 0 saturated carbocycles. The number of benzene rings is 1. The van der Waals surface area contributed by atoms with E-state index in [1.165, 1.54) is 43.2 Å². The van der Waals surface area contributed by atoms with Crippen LogP contribution in [0.25, 0.3) is 10.4 Å². The van der Waals surface area contributed by atoms with Crippen LogP contribution in [0, 0.1) is 5.82 Å². The number of thiazole rings is 1. The molecular weight excluding hydrogens is 257 g/mol. The van der Waals surface area contributed by atoms with Gasteiger partial charge in [-0.15, -0.1) is 11.3 Å². The van der Waals surface area contributed by atoms with Gasteiger partial charge in [-0.25, -0.2) is 14.2 Å². The Balaban J connectivity index is 2.46. The van der Waals surface area contributed by atoms with Crippen LogP contribution in [-0.4, -0.2) is 25.2 Å². The van der Waals surface area contributed by atoms with Crippen molar-refractivity contribution in [1.29, 1.82) is 0 Å². The molecule has 0 fully saturated rings. The van der Waals surface area contributed by atoms with Crippen molar-refractivity contribution < 1.29 is 18.7 Å². The maximum Gasteiger partial charge on any atom is 0.358 e. The Bertz CT molecular complexity index is 582. The molecule has 1 aromatic carbocycles. The minimum atomic E-state index is -0.539. The van der Waals surface area contributed by atoms with Crippen molar-refractivity contribution in [3.8, 4) is 16.2 Å². The first-order valence-electron chi connectivity index (χ1n) is 5.03. The van der Waals surface area contributed by atoms with Crippen molar-refractivity contribution in [2.75, 3.05) is 14.2 Å². The second-order valence-electron chi connectivity index (χ2n) is 3.37. The van der Waals surface area contributed by atoms with Gasteiger partial charge in [0.25, 0.3) is 0 Å². The van der Waals surface area contributed by atoms with E-state index < -0.39 is 11.8 Å². The third-order valence-electron chi connectivity index (χ3n) is 2.36. The highest BCUT2D eigenvalue weighted by Gasteiger charge is 2.17. The van der Waals surface area contributed by atoms with Crippen LogP contribution in [0.4, 0.5) is 4.39 Å². The van der Waals surface area contributed by atoms with Crippen molar-refractivity contribution in [1.82, 2.24) is 4.98 Å². The number of methoxy groups -OCH3 is 2. The summed E-state index contributed by atoms with van der Waals surface area (Å²) in [5, 5.41) is 0. The fourth-order valence-corrected chi connectivity index (χ4v) is 2.27. The Morgan fingerprint density at radius 2 is 2.17 bits per heavy atom. The summed E-state index contributed by atoms with van der Waals surface area (Å²) < 4.78 is 23.1. The molecule has 2 aromatic rings. The standard InChI is InChI=1S/C12H10FNO3S/c1-16-9-4-3-7(5-8(9)13)11-10(12(15)17-2)14-6-18-11/h3-6H,1-2H3. The van der Waals surface area contributed by atoms with Crippen molar-refractivity contribution in [3.63, 3.8) is 0 Å². The van der Waals surface area contributed by atoms with Gasteiger partial charge in [-0.05, 0) is 23.8 Å². The normalized spacial score (nSPS) is 10.2. The topological polar surface area (TPSA) is 48.4 Å². The minimum absolute atomic E-state index is 0.155. The lowest BCUT2D eigenvalue weighted by Gasteiger charge is -2.04. The summed E-state index contributed by atoms with van der Waals surface area (Å²) in [7, 11) is 2.67. The molecule has 0 N–H and O–H groups in total. The Morgan fingerprint density at radius 1 is 1.39 bits per heavy atom. The number of ether oxygens (including phenoxy) is 2. The zero-order chi connectivity index (χ0) is 13.1. The van der Waals surface area contributed by atoms with E-state index in [9.17, 15) is 9.18 Å². The number of hydrogen-bond donors (Lipinski definition) is 0. The Labute approximate surface area is 107 Å². The molecule has 94 valence electrons. The minimum Gasteiger partial charge on any atom is -0.494 e. The first-order valence-corrected chi connectivity index (χ1v) is 5.91. The van der Waals surface area contributed by atoms with Crippen LogP contribution in [0.3, 0.4) is 0 Å². The van der Waals surface area contributed by atoms with E-state index in [0.29, 0.717) is 10.4 Å². The van der Waals surface area contributed by atoms with Crippen LogP contribution in [0.15, 0.2) is 23.7 Å². The summed E-state index contributed by atoms with van der Waals surface area (Å²) in [6.07, 6.45) is 0. The molecule has 0 unspecified atom stereocenters. The summed E-state index contributed by atoms with van der Waals surface area (Å²) in [5.74, 6) is -0.871. The number of carbonyl (C=O) groups is 1. The zero-order valence-electron chi connectivity index (χ0n) is 9.77. The highest BCUT2D eigenvalue weighted by atomic mass is 32.1. The predicted octanol–water partition coefficient (Wildman–Crippen LogP) is 2.74. The van der Waals surface area contributed by atoms with E-state index in [1.54, 1.807) is 6.07 Å². The number of esters is 1. The molecule has 0 bridgehead atoms. The summed E-state index contributed by atoms with van der Waals surface area (Å²) >= 11 is 1.25. The highest BCUT2D eigenvalue weighted by Crippen LogP contribution is 2.31. The average molecular weight is 267 g/mol. The molecule has 0 aliphatic heterocycles.